The van der Waals surface area contributed by atoms with Gasteiger partial charge < -0.3 is 19.4 Å². The van der Waals surface area contributed by atoms with E-state index in [4.69, 9.17) is 9.47 Å². The summed E-state index contributed by atoms with van der Waals surface area (Å²) in [6.07, 6.45) is 4.08. The zero-order chi connectivity index (χ0) is 24.6. The van der Waals surface area contributed by atoms with E-state index in [1.807, 2.05) is 13.8 Å². The summed E-state index contributed by atoms with van der Waals surface area (Å²) < 4.78 is 10.6. The lowest BCUT2D eigenvalue weighted by Crippen LogP contribution is -2.40. The van der Waals surface area contributed by atoms with Crippen LogP contribution in [0.2, 0.25) is 0 Å². The maximum Gasteiger partial charge on any atom is 0.295 e. The maximum atomic E-state index is 13.2. The Bertz CT molecular complexity index is 1370. The average Bonchev–Trinajstić information content (AvgIpc) is 3.40. The van der Waals surface area contributed by atoms with E-state index in [1.54, 1.807) is 16.2 Å². The molecule has 176 valence electrons. The summed E-state index contributed by atoms with van der Waals surface area (Å²) in [5.41, 5.74) is 4.61. The number of piperidine rings is 1. The second kappa shape index (κ2) is 9.31. The van der Waals surface area contributed by atoms with Crippen LogP contribution in [0.5, 0.6) is 11.6 Å². The van der Waals surface area contributed by atoms with Gasteiger partial charge in [-0.2, -0.15) is 5.26 Å². The number of pyridine rings is 1. The van der Waals surface area contributed by atoms with Crippen LogP contribution in [0.3, 0.4) is 0 Å². The lowest BCUT2D eigenvalue weighted by Gasteiger charge is -2.28. The number of H-pyrrole nitrogens is 1. The highest BCUT2D eigenvalue weighted by molar-refractivity contribution is 7.12. The van der Waals surface area contributed by atoms with Gasteiger partial charge in [0, 0.05) is 34.6 Å². The number of likely N-dealkylation sites (tertiary alicyclic amines) is 1. The summed E-state index contributed by atoms with van der Waals surface area (Å²) in [6.45, 7) is 6.92. The standard InChI is InChI=1S/C25H26N4O4S/c1-13-14(2)34-15(3)20(13)17(10-26)16-6-8-29(9-7-16)25(31)23(30)18-11-27-22-21(18)19(32-4)12-28-24(22)33-5/h11-12,27H,6-9H2,1-5H3. The molecule has 34 heavy (non-hydrogen) atoms. The van der Waals surface area contributed by atoms with E-state index in [9.17, 15) is 14.9 Å². The van der Waals surface area contributed by atoms with Crippen molar-refractivity contribution in [3.8, 4) is 17.7 Å². The molecule has 1 saturated heterocycles. The summed E-state index contributed by atoms with van der Waals surface area (Å²) in [6, 6.07) is 2.40. The Balaban J connectivity index is 1.58. The number of carbonyl (C=O) groups is 2. The predicted octanol–water partition coefficient (Wildman–Crippen LogP) is 4.35. The number of carbonyl (C=O) groups excluding carboxylic acids is 2. The van der Waals surface area contributed by atoms with Gasteiger partial charge in [0.05, 0.1) is 43.0 Å². The number of Topliss-reactive ketones (excluding diaryl/α,β-unsaturated/α-hetero) is 1. The van der Waals surface area contributed by atoms with Crippen molar-refractivity contribution < 1.29 is 19.1 Å². The Kier molecular flexibility index (Phi) is 6.44. The van der Waals surface area contributed by atoms with E-state index in [2.05, 4.69) is 23.0 Å². The number of nitriles is 1. The molecule has 1 aliphatic heterocycles. The molecule has 0 saturated carbocycles. The second-order valence-electron chi connectivity index (χ2n) is 8.21. The number of methoxy groups -OCH3 is 2. The van der Waals surface area contributed by atoms with E-state index in [1.165, 1.54) is 31.5 Å². The molecule has 1 amide bonds. The van der Waals surface area contributed by atoms with Crippen molar-refractivity contribution in [3.63, 3.8) is 0 Å². The number of nitrogens with zero attached hydrogens (tertiary/aromatic N) is 3. The molecular weight excluding hydrogens is 452 g/mol. The smallest absolute Gasteiger partial charge is 0.295 e. The summed E-state index contributed by atoms with van der Waals surface area (Å²) in [5, 5.41) is 10.4. The van der Waals surface area contributed by atoms with Crippen LogP contribution >= 0.6 is 11.3 Å². The number of thiophene rings is 1. The zero-order valence-corrected chi connectivity index (χ0v) is 20.7. The molecule has 0 atom stereocenters. The molecule has 0 unspecified atom stereocenters. The first kappa shape index (κ1) is 23.5. The fourth-order valence-electron chi connectivity index (χ4n) is 4.54. The fraction of sp³-hybridized carbons (Fsp3) is 0.360. The molecule has 0 bridgehead atoms. The third-order valence-electron chi connectivity index (χ3n) is 6.42. The van der Waals surface area contributed by atoms with Gasteiger partial charge in [-0.15, -0.1) is 11.3 Å². The van der Waals surface area contributed by atoms with Crippen LogP contribution in [-0.4, -0.2) is 53.9 Å². The van der Waals surface area contributed by atoms with Crippen LogP contribution in [0, 0.1) is 32.1 Å². The average molecular weight is 479 g/mol. The maximum absolute atomic E-state index is 13.2. The van der Waals surface area contributed by atoms with Crippen molar-refractivity contribution in [2.45, 2.75) is 33.6 Å². The largest absolute Gasteiger partial charge is 0.494 e. The minimum absolute atomic E-state index is 0.219. The highest BCUT2D eigenvalue weighted by Gasteiger charge is 2.30. The van der Waals surface area contributed by atoms with E-state index in [0.29, 0.717) is 54.0 Å². The summed E-state index contributed by atoms with van der Waals surface area (Å²) in [7, 11) is 2.96. The lowest BCUT2D eigenvalue weighted by molar-refractivity contribution is -0.126. The first-order valence-corrected chi connectivity index (χ1v) is 11.7. The molecule has 3 aromatic heterocycles. The minimum Gasteiger partial charge on any atom is -0.494 e. The number of hydrogen-bond acceptors (Lipinski definition) is 7. The van der Waals surface area contributed by atoms with E-state index in [-0.39, 0.29) is 5.56 Å². The van der Waals surface area contributed by atoms with E-state index < -0.39 is 11.7 Å². The Morgan fingerprint density at radius 2 is 1.85 bits per heavy atom. The molecule has 1 N–H and O–H groups in total. The molecule has 1 aliphatic rings. The lowest BCUT2D eigenvalue weighted by atomic mass is 9.91. The van der Waals surface area contributed by atoms with Crippen molar-refractivity contribution in [3.05, 3.63) is 44.4 Å². The normalized spacial score (nSPS) is 13.6. The highest BCUT2D eigenvalue weighted by atomic mass is 32.1. The number of aromatic amines is 1. The number of ether oxygens (including phenoxy) is 2. The number of ketones is 1. The van der Waals surface area contributed by atoms with E-state index in [0.717, 1.165) is 21.6 Å². The molecule has 4 heterocycles. The molecule has 3 aromatic rings. The van der Waals surface area contributed by atoms with Gasteiger partial charge in [0.2, 0.25) is 5.88 Å². The first-order chi connectivity index (χ1) is 16.3. The van der Waals surface area contributed by atoms with Gasteiger partial charge in [-0.25, -0.2) is 4.98 Å². The zero-order valence-electron chi connectivity index (χ0n) is 19.9. The molecule has 9 heteroatoms. The molecular formula is C25H26N4O4S. The molecule has 8 nitrogen and oxygen atoms in total. The number of aryl methyl sites for hydroxylation is 2. The number of nitrogens with one attached hydrogen (secondary N) is 1. The van der Waals surface area contributed by atoms with Gasteiger partial charge in [0.1, 0.15) is 11.3 Å². The quantitative estimate of drug-likeness (QED) is 0.332. The van der Waals surface area contributed by atoms with Crippen LogP contribution in [0.15, 0.2) is 18.0 Å². The molecule has 0 radical (unpaired) electrons. The predicted molar refractivity (Wildman–Crippen MR) is 130 cm³/mol. The monoisotopic (exact) mass is 478 g/mol. The van der Waals surface area contributed by atoms with Gasteiger partial charge in [0.25, 0.3) is 11.7 Å². The molecule has 0 aromatic carbocycles. The third-order valence-corrected chi connectivity index (χ3v) is 7.55. The number of fused-ring (bicyclic) bond motifs is 1. The topological polar surface area (TPSA) is 108 Å². The minimum atomic E-state index is -0.620. The van der Waals surface area contributed by atoms with E-state index >= 15 is 0 Å². The van der Waals surface area contributed by atoms with Gasteiger partial charge in [-0.3, -0.25) is 9.59 Å². The number of allylic oxidation sites excluding steroid dienone is 1. The number of aromatic nitrogens is 2. The molecule has 1 fully saturated rings. The summed E-state index contributed by atoms with van der Waals surface area (Å²) in [5.74, 6) is -0.498. The first-order valence-electron chi connectivity index (χ1n) is 10.9. The van der Waals surface area contributed by atoms with Crippen LogP contribution in [0.4, 0.5) is 0 Å². The van der Waals surface area contributed by atoms with Crippen molar-refractivity contribution in [1.82, 2.24) is 14.9 Å². The second-order valence-corrected chi connectivity index (χ2v) is 9.64. The molecule has 0 spiro atoms. The van der Waals surface area contributed by atoms with Gasteiger partial charge in [-0.05, 0) is 44.7 Å². The Hall–Kier alpha value is -3.64. The van der Waals surface area contributed by atoms with Crippen molar-refractivity contribution in [2.75, 3.05) is 27.3 Å². The Labute approximate surface area is 201 Å². The van der Waals surface area contributed by atoms with Crippen molar-refractivity contribution in [1.29, 1.82) is 5.26 Å². The van der Waals surface area contributed by atoms with Gasteiger partial charge >= 0.3 is 0 Å². The number of rotatable bonds is 5. The molecule has 4 rings (SSSR count). The van der Waals surface area contributed by atoms with Crippen LogP contribution in [0.25, 0.3) is 16.5 Å². The van der Waals surface area contributed by atoms with Crippen LogP contribution in [-0.2, 0) is 4.79 Å². The number of amides is 1. The highest BCUT2D eigenvalue weighted by Crippen LogP contribution is 2.37. The third kappa shape index (κ3) is 3.84. The summed E-state index contributed by atoms with van der Waals surface area (Å²) in [4.78, 5) is 37.3. The van der Waals surface area contributed by atoms with Crippen molar-refractivity contribution >= 4 is 39.5 Å². The van der Waals surface area contributed by atoms with Crippen LogP contribution in [0.1, 0.15) is 44.1 Å². The Morgan fingerprint density at radius 1 is 1.15 bits per heavy atom. The van der Waals surface area contributed by atoms with Crippen molar-refractivity contribution in [2.24, 2.45) is 0 Å². The number of hydrogen-bond donors (Lipinski definition) is 1. The Morgan fingerprint density at radius 3 is 2.41 bits per heavy atom. The molecule has 0 aliphatic carbocycles. The van der Waals surface area contributed by atoms with Crippen LogP contribution < -0.4 is 9.47 Å². The fourth-order valence-corrected chi connectivity index (χ4v) is 5.62. The van der Waals surface area contributed by atoms with Gasteiger partial charge in [-0.1, -0.05) is 0 Å². The summed E-state index contributed by atoms with van der Waals surface area (Å²) >= 11 is 1.70. The van der Waals surface area contributed by atoms with Gasteiger partial charge in [0.15, 0.2) is 0 Å². The SMILES string of the molecule is COc1ncc(OC)c2c(C(=O)C(=O)N3CCC(=C(C#N)c4c(C)sc(C)c4C)CC3)c[nH]c12.